The maximum atomic E-state index is 14.3. The van der Waals surface area contributed by atoms with E-state index in [9.17, 15) is 18.4 Å². The standard InChI is InChI=1S/C35H41F2N3O2/c1-24-8-4-13-30(25(24)2)33-31(34(41)26-9-5-11-28(36)20-26)22-40(15-7-14-39-18-16-38(3)17-19-39)23-32(33)35(42)27-10-6-12-29(37)21-27/h4-6,8-13,20-21,31-33H,7,14-19,22-23H2,1-3H3/t31-,32+,33?. The molecule has 0 aromatic heterocycles. The summed E-state index contributed by atoms with van der Waals surface area (Å²) in [6.45, 7) is 10.9. The Kier molecular flexibility index (Phi) is 9.61. The van der Waals surface area contributed by atoms with Gasteiger partial charge in [0.15, 0.2) is 11.6 Å². The average Bonchev–Trinajstić information content (AvgIpc) is 2.98. The Morgan fingerprint density at radius 1 is 0.738 bits per heavy atom. The summed E-state index contributed by atoms with van der Waals surface area (Å²) in [5.74, 6) is -2.81. The molecular formula is C35H41F2N3O2. The van der Waals surface area contributed by atoms with Gasteiger partial charge < -0.3 is 14.7 Å². The molecule has 2 saturated heterocycles. The first kappa shape index (κ1) is 30.2. The molecule has 2 heterocycles. The number of likely N-dealkylation sites (N-methyl/N-ethyl adjacent to an activating group) is 1. The summed E-state index contributed by atoms with van der Waals surface area (Å²) in [7, 11) is 2.14. The topological polar surface area (TPSA) is 43.9 Å². The van der Waals surface area contributed by atoms with E-state index in [1.165, 1.54) is 24.3 Å². The summed E-state index contributed by atoms with van der Waals surface area (Å²) in [6, 6.07) is 17.7. The normalized spacial score (nSPS) is 22.3. The zero-order valence-electron chi connectivity index (χ0n) is 24.9. The Labute approximate surface area is 248 Å². The molecule has 0 saturated carbocycles. The lowest BCUT2D eigenvalue weighted by Gasteiger charge is -2.44. The van der Waals surface area contributed by atoms with Gasteiger partial charge in [-0.2, -0.15) is 0 Å². The molecule has 3 aromatic rings. The van der Waals surface area contributed by atoms with Gasteiger partial charge in [0.05, 0.1) is 0 Å². The fraction of sp³-hybridized carbons (Fsp3) is 0.429. The SMILES string of the molecule is Cc1cccc(C2[C@@H](C(=O)c3cccc(F)c3)CN(CCCN3CCN(C)CC3)C[C@H]2C(=O)c2cccc(F)c2)c1C. The first-order valence-electron chi connectivity index (χ1n) is 15.0. The fourth-order valence-electron chi connectivity index (χ4n) is 6.68. The van der Waals surface area contributed by atoms with Crippen LogP contribution in [0.25, 0.3) is 0 Å². The van der Waals surface area contributed by atoms with Crippen molar-refractivity contribution in [3.05, 3.63) is 106 Å². The molecule has 0 radical (unpaired) electrons. The number of aryl methyl sites for hydroxylation is 1. The van der Waals surface area contributed by atoms with Crippen LogP contribution in [0.5, 0.6) is 0 Å². The first-order chi connectivity index (χ1) is 20.2. The molecule has 1 unspecified atom stereocenters. The second-order valence-electron chi connectivity index (χ2n) is 12.0. The van der Waals surface area contributed by atoms with Crippen molar-refractivity contribution >= 4 is 11.6 Å². The molecule has 0 bridgehead atoms. The van der Waals surface area contributed by atoms with E-state index < -0.39 is 29.4 Å². The zero-order chi connectivity index (χ0) is 29.8. The highest BCUT2D eigenvalue weighted by atomic mass is 19.1. The van der Waals surface area contributed by atoms with Crippen LogP contribution in [0.15, 0.2) is 66.7 Å². The summed E-state index contributed by atoms with van der Waals surface area (Å²) in [5, 5.41) is 0. The second kappa shape index (κ2) is 13.4. The zero-order valence-corrected chi connectivity index (χ0v) is 24.9. The highest BCUT2D eigenvalue weighted by Gasteiger charge is 2.45. The Balaban J connectivity index is 1.50. The second-order valence-corrected chi connectivity index (χ2v) is 12.0. The third kappa shape index (κ3) is 6.86. The number of ketones is 2. The largest absolute Gasteiger partial charge is 0.304 e. The van der Waals surface area contributed by atoms with Crippen LogP contribution >= 0.6 is 0 Å². The van der Waals surface area contributed by atoms with Crippen LogP contribution in [-0.4, -0.2) is 85.7 Å². The number of rotatable bonds is 9. The van der Waals surface area contributed by atoms with Crippen LogP contribution in [0.3, 0.4) is 0 Å². The van der Waals surface area contributed by atoms with E-state index in [4.69, 9.17) is 0 Å². The van der Waals surface area contributed by atoms with Gasteiger partial charge in [-0.15, -0.1) is 0 Å². The van der Waals surface area contributed by atoms with Gasteiger partial charge in [0.1, 0.15) is 11.6 Å². The maximum Gasteiger partial charge on any atom is 0.167 e. The van der Waals surface area contributed by atoms with Gasteiger partial charge in [-0.25, -0.2) is 8.78 Å². The van der Waals surface area contributed by atoms with Gasteiger partial charge in [0.25, 0.3) is 0 Å². The quantitative estimate of drug-likeness (QED) is 0.311. The molecule has 5 nitrogen and oxygen atoms in total. The number of benzene rings is 3. The van der Waals surface area contributed by atoms with Crippen molar-refractivity contribution in [3.8, 4) is 0 Å². The molecule has 222 valence electrons. The van der Waals surface area contributed by atoms with Crippen molar-refractivity contribution < 1.29 is 18.4 Å². The molecule has 7 heteroatoms. The van der Waals surface area contributed by atoms with Crippen LogP contribution in [0.2, 0.25) is 0 Å². The van der Waals surface area contributed by atoms with E-state index in [1.807, 2.05) is 32.0 Å². The van der Waals surface area contributed by atoms with Gasteiger partial charge in [0, 0.05) is 68.1 Å². The number of likely N-dealkylation sites (tertiary alicyclic amines) is 1. The van der Waals surface area contributed by atoms with Crippen LogP contribution in [0.1, 0.15) is 49.7 Å². The number of carbonyl (C=O) groups excluding carboxylic acids is 2. The monoisotopic (exact) mass is 573 g/mol. The molecule has 3 atom stereocenters. The predicted molar refractivity (Wildman–Crippen MR) is 162 cm³/mol. The van der Waals surface area contributed by atoms with Crippen LogP contribution < -0.4 is 0 Å². The molecule has 0 spiro atoms. The van der Waals surface area contributed by atoms with E-state index in [-0.39, 0.29) is 11.6 Å². The van der Waals surface area contributed by atoms with Gasteiger partial charge in [0.2, 0.25) is 0 Å². The minimum Gasteiger partial charge on any atom is -0.304 e. The van der Waals surface area contributed by atoms with Gasteiger partial charge in [-0.05, 0) is 81.4 Å². The predicted octanol–water partition coefficient (Wildman–Crippen LogP) is 5.62. The van der Waals surface area contributed by atoms with E-state index in [0.29, 0.717) is 24.2 Å². The lowest BCUT2D eigenvalue weighted by atomic mass is 9.67. The third-order valence-corrected chi connectivity index (χ3v) is 9.22. The van der Waals surface area contributed by atoms with E-state index in [0.717, 1.165) is 62.4 Å². The lowest BCUT2D eigenvalue weighted by Crippen LogP contribution is -2.51. The Morgan fingerprint density at radius 2 is 1.26 bits per heavy atom. The molecule has 0 aliphatic carbocycles. The fourth-order valence-corrected chi connectivity index (χ4v) is 6.68. The number of Topliss-reactive ketones (excluding diaryl/α,β-unsaturated/α-hetero) is 2. The highest BCUT2D eigenvalue weighted by molar-refractivity contribution is 6.02. The van der Waals surface area contributed by atoms with E-state index in [2.05, 4.69) is 21.7 Å². The molecular weight excluding hydrogens is 532 g/mol. The number of halogens is 2. The van der Waals surface area contributed by atoms with Crippen molar-refractivity contribution in [1.29, 1.82) is 0 Å². The van der Waals surface area contributed by atoms with Crippen molar-refractivity contribution in [1.82, 2.24) is 14.7 Å². The van der Waals surface area contributed by atoms with Crippen molar-refractivity contribution in [2.24, 2.45) is 11.8 Å². The number of carbonyl (C=O) groups is 2. The lowest BCUT2D eigenvalue weighted by molar-refractivity contribution is 0.0556. The molecule has 0 amide bonds. The average molecular weight is 574 g/mol. The number of nitrogens with zero attached hydrogens (tertiary/aromatic N) is 3. The minimum atomic E-state index is -0.563. The molecule has 0 N–H and O–H groups in total. The van der Waals surface area contributed by atoms with Crippen LogP contribution in [-0.2, 0) is 0 Å². The van der Waals surface area contributed by atoms with Crippen LogP contribution in [0.4, 0.5) is 8.78 Å². The number of piperazine rings is 1. The maximum absolute atomic E-state index is 14.3. The third-order valence-electron chi connectivity index (χ3n) is 9.22. The van der Waals surface area contributed by atoms with Gasteiger partial charge in [-0.3, -0.25) is 9.59 Å². The Morgan fingerprint density at radius 3 is 1.81 bits per heavy atom. The summed E-state index contributed by atoms with van der Waals surface area (Å²) in [4.78, 5) is 35.4. The minimum absolute atomic E-state index is 0.166. The summed E-state index contributed by atoms with van der Waals surface area (Å²) < 4.78 is 28.6. The molecule has 42 heavy (non-hydrogen) atoms. The van der Waals surface area contributed by atoms with Gasteiger partial charge >= 0.3 is 0 Å². The Hall–Kier alpha value is -3.26. The van der Waals surface area contributed by atoms with Crippen molar-refractivity contribution in [2.45, 2.75) is 26.2 Å². The number of piperidine rings is 1. The van der Waals surface area contributed by atoms with E-state index in [1.54, 1.807) is 24.3 Å². The smallest absolute Gasteiger partial charge is 0.167 e. The van der Waals surface area contributed by atoms with Crippen LogP contribution in [0, 0.1) is 37.3 Å². The molecule has 2 aliphatic heterocycles. The Bertz CT molecular complexity index is 1350. The molecule has 2 fully saturated rings. The summed E-state index contributed by atoms with van der Waals surface area (Å²) >= 11 is 0. The highest BCUT2D eigenvalue weighted by Crippen LogP contribution is 2.42. The first-order valence-corrected chi connectivity index (χ1v) is 15.0. The van der Waals surface area contributed by atoms with Crippen molar-refractivity contribution in [2.75, 3.05) is 59.4 Å². The summed E-state index contributed by atoms with van der Waals surface area (Å²) in [5.41, 5.74) is 3.70. The number of hydrogen-bond acceptors (Lipinski definition) is 5. The van der Waals surface area contributed by atoms with Gasteiger partial charge in [-0.1, -0.05) is 42.5 Å². The summed E-state index contributed by atoms with van der Waals surface area (Å²) in [6.07, 6.45) is 0.916. The molecule has 3 aromatic carbocycles. The molecule has 2 aliphatic rings. The van der Waals surface area contributed by atoms with E-state index >= 15 is 0 Å². The number of hydrogen-bond donors (Lipinski definition) is 0. The molecule has 5 rings (SSSR count). The van der Waals surface area contributed by atoms with Crippen molar-refractivity contribution in [3.63, 3.8) is 0 Å².